The van der Waals surface area contributed by atoms with Crippen LogP contribution in [0.3, 0.4) is 0 Å². The lowest BCUT2D eigenvalue weighted by molar-refractivity contribution is -0.125. The fourth-order valence-corrected chi connectivity index (χ4v) is 1.90. The van der Waals surface area contributed by atoms with E-state index in [1.165, 1.54) is 11.1 Å². The first-order valence-corrected chi connectivity index (χ1v) is 7.19. The van der Waals surface area contributed by atoms with E-state index in [0.29, 0.717) is 19.6 Å². The maximum absolute atomic E-state index is 12.3. The molecule has 0 spiro atoms. The summed E-state index contributed by atoms with van der Waals surface area (Å²) in [6.45, 7) is 8.39. The van der Waals surface area contributed by atoms with Crippen LogP contribution in [0.15, 0.2) is 61.3 Å². The predicted octanol–water partition coefficient (Wildman–Crippen LogP) is 1.88. The molecule has 1 amide bonds. The molecule has 0 unspecified atom stereocenters. The van der Waals surface area contributed by atoms with Crippen molar-refractivity contribution < 1.29 is 9.90 Å². The Morgan fingerprint density at radius 1 is 1.22 bits per heavy atom. The lowest BCUT2D eigenvalue weighted by atomic mass is 10.1. The molecule has 0 fully saturated rings. The van der Waals surface area contributed by atoms with Crippen LogP contribution in [-0.2, 0) is 17.9 Å². The highest BCUT2D eigenvalue weighted by atomic mass is 16.3. The second-order valence-electron chi connectivity index (χ2n) is 4.81. The van der Waals surface area contributed by atoms with E-state index in [1.54, 1.807) is 12.2 Å². The zero-order valence-corrected chi connectivity index (χ0v) is 13.0. The third-order valence-corrected chi connectivity index (χ3v) is 3.10. The number of nitriles is 1. The normalized spacial score (nSPS) is 10.5. The minimum atomic E-state index is -0.365. The number of hydrogen-bond acceptors (Lipinski definition) is 4. The second kappa shape index (κ2) is 9.98. The maximum atomic E-state index is 12.3. The number of aliphatic hydroxyl groups is 1. The number of hydrogen-bond donors (Lipinski definition) is 2. The van der Waals surface area contributed by atoms with E-state index in [9.17, 15) is 4.79 Å². The average Bonchev–Trinajstić information content (AvgIpc) is 2.58. The van der Waals surface area contributed by atoms with Gasteiger partial charge in [-0.25, -0.2) is 0 Å². The van der Waals surface area contributed by atoms with E-state index < -0.39 is 0 Å². The average molecular weight is 311 g/mol. The minimum Gasteiger partial charge on any atom is -0.392 e. The van der Waals surface area contributed by atoms with Crippen molar-refractivity contribution in [1.82, 2.24) is 10.2 Å². The Kier molecular flexibility index (Phi) is 7.90. The third-order valence-electron chi connectivity index (χ3n) is 3.10. The molecule has 120 valence electrons. The largest absolute Gasteiger partial charge is 0.392 e. The molecule has 1 rings (SSSR count). The molecule has 1 aromatic carbocycles. The van der Waals surface area contributed by atoms with Gasteiger partial charge < -0.3 is 15.3 Å². The van der Waals surface area contributed by atoms with Crippen molar-refractivity contribution in [3.05, 3.63) is 72.5 Å². The second-order valence-corrected chi connectivity index (χ2v) is 4.81. The van der Waals surface area contributed by atoms with Gasteiger partial charge in [0, 0.05) is 25.8 Å². The molecule has 0 atom stereocenters. The molecular formula is C18H21N3O2. The highest BCUT2D eigenvalue weighted by Crippen LogP contribution is 2.05. The van der Waals surface area contributed by atoms with Crippen molar-refractivity contribution in [3.63, 3.8) is 0 Å². The van der Waals surface area contributed by atoms with Crippen LogP contribution in [0.5, 0.6) is 0 Å². The van der Waals surface area contributed by atoms with Gasteiger partial charge in [-0.2, -0.15) is 5.26 Å². The van der Waals surface area contributed by atoms with Gasteiger partial charge in [-0.3, -0.25) is 4.79 Å². The van der Waals surface area contributed by atoms with Crippen LogP contribution >= 0.6 is 0 Å². The topological polar surface area (TPSA) is 76.4 Å². The van der Waals surface area contributed by atoms with Crippen LogP contribution in [-0.4, -0.2) is 29.0 Å². The molecule has 0 saturated heterocycles. The van der Waals surface area contributed by atoms with Gasteiger partial charge >= 0.3 is 0 Å². The molecule has 5 heteroatoms. The molecule has 0 aliphatic heterocycles. The van der Waals surface area contributed by atoms with E-state index in [1.807, 2.05) is 30.3 Å². The molecule has 0 aromatic heterocycles. The molecule has 5 nitrogen and oxygen atoms in total. The van der Waals surface area contributed by atoms with E-state index in [0.717, 1.165) is 11.1 Å². The van der Waals surface area contributed by atoms with Crippen molar-refractivity contribution in [2.24, 2.45) is 0 Å². The SMILES string of the molecule is C=CCN(CC=C)C(=O)/C(C#N)=C\NCc1ccc(CO)cc1. The van der Waals surface area contributed by atoms with E-state index >= 15 is 0 Å². The molecule has 0 saturated carbocycles. The molecular weight excluding hydrogens is 290 g/mol. The number of aliphatic hydroxyl groups excluding tert-OH is 1. The highest BCUT2D eigenvalue weighted by Gasteiger charge is 2.15. The van der Waals surface area contributed by atoms with Gasteiger partial charge in [-0.1, -0.05) is 36.4 Å². The number of benzene rings is 1. The predicted molar refractivity (Wildman–Crippen MR) is 89.9 cm³/mol. The Hall–Kier alpha value is -2.84. The zero-order chi connectivity index (χ0) is 17.1. The summed E-state index contributed by atoms with van der Waals surface area (Å²) in [5.41, 5.74) is 1.85. The summed E-state index contributed by atoms with van der Waals surface area (Å²) in [5, 5.41) is 21.1. The van der Waals surface area contributed by atoms with Crippen LogP contribution in [0.1, 0.15) is 11.1 Å². The molecule has 0 bridgehead atoms. The first-order valence-electron chi connectivity index (χ1n) is 7.19. The molecule has 23 heavy (non-hydrogen) atoms. The summed E-state index contributed by atoms with van der Waals surface area (Å²) in [7, 11) is 0. The molecule has 1 aromatic rings. The molecule has 0 aliphatic carbocycles. The summed E-state index contributed by atoms with van der Waals surface area (Å²) in [6.07, 6.45) is 4.63. The lowest BCUT2D eigenvalue weighted by Crippen LogP contribution is -2.32. The number of carbonyl (C=O) groups is 1. The quantitative estimate of drug-likeness (QED) is 0.415. The minimum absolute atomic E-state index is 0.00311. The van der Waals surface area contributed by atoms with Crippen LogP contribution < -0.4 is 5.32 Å². The fourth-order valence-electron chi connectivity index (χ4n) is 1.90. The monoisotopic (exact) mass is 311 g/mol. The van der Waals surface area contributed by atoms with E-state index in [2.05, 4.69) is 18.5 Å². The van der Waals surface area contributed by atoms with Gasteiger partial charge in [0.15, 0.2) is 0 Å². The first kappa shape index (κ1) is 18.2. The number of nitrogens with one attached hydrogen (secondary N) is 1. The summed E-state index contributed by atoms with van der Waals surface area (Å²) in [6, 6.07) is 9.32. The summed E-state index contributed by atoms with van der Waals surface area (Å²) in [4.78, 5) is 13.7. The van der Waals surface area contributed by atoms with E-state index in [-0.39, 0.29) is 18.1 Å². The van der Waals surface area contributed by atoms with Crippen molar-refractivity contribution in [1.29, 1.82) is 5.26 Å². The molecule has 0 heterocycles. The van der Waals surface area contributed by atoms with Crippen LogP contribution in [0.25, 0.3) is 0 Å². The van der Waals surface area contributed by atoms with Crippen molar-refractivity contribution in [2.45, 2.75) is 13.2 Å². The molecule has 2 N–H and O–H groups in total. The zero-order valence-electron chi connectivity index (χ0n) is 13.0. The van der Waals surface area contributed by atoms with Gasteiger partial charge in [0.25, 0.3) is 5.91 Å². The van der Waals surface area contributed by atoms with Crippen molar-refractivity contribution in [2.75, 3.05) is 13.1 Å². The van der Waals surface area contributed by atoms with Crippen molar-refractivity contribution >= 4 is 5.91 Å². The lowest BCUT2D eigenvalue weighted by Gasteiger charge is -2.18. The van der Waals surface area contributed by atoms with Gasteiger partial charge in [0.2, 0.25) is 0 Å². The highest BCUT2D eigenvalue weighted by molar-refractivity contribution is 5.97. The van der Waals surface area contributed by atoms with Crippen LogP contribution in [0, 0.1) is 11.3 Å². The standard InChI is InChI=1S/C18H21N3O2/c1-3-9-21(10-4-2)18(23)17(11-19)13-20-12-15-5-7-16(14-22)8-6-15/h3-8,13,20,22H,1-2,9-10,12,14H2/b17-13-. The van der Waals surface area contributed by atoms with Crippen LogP contribution in [0.2, 0.25) is 0 Å². The van der Waals surface area contributed by atoms with Crippen LogP contribution in [0.4, 0.5) is 0 Å². The number of carbonyl (C=O) groups excluding carboxylic acids is 1. The van der Waals surface area contributed by atoms with Gasteiger partial charge in [-0.05, 0) is 11.1 Å². The van der Waals surface area contributed by atoms with Gasteiger partial charge in [-0.15, -0.1) is 13.2 Å². The molecule has 0 aliphatic rings. The Bertz CT molecular complexity index is 602. The maximum Gasteiger partial charge on any atom is 0.266 e. The number of nitrogens with zero attached hydrogens (tertiary/aromatic N) is 2. The smallest absolute Gasteiger partial charge is 0.266 e. The van der Waals surface area contributed by atoms with Gasteiger partial charge in [0.1, 0.15) is 11.6 Å². The Morgan fingerprint density at radius 3 is 2.26 bits per heavy atom. The number of amides is 1. The molecule has 0 radical (unpaired) electrons. The summed E-state index contributed by atoms with van der Waals surface area (Å²) >= 11 is 0. The van der Waals surface area contributed by atoms with E-state index in [4.69, 9.17) is 10.4 Å². The Balaban J connectivity index is 2.70. The Morgan fingerprint density at radius 2 is 1.78 bits per heavy atom. The third kappa shape index (κ3) is 5.81. The number of rotatable bonds is 9. The Labute approximate surface area is 136 Å². The first-order chi connectivity index (χ1) is 11.2. The summed E-state index contributed by atoms with van der Waals surface area (Å²) in [5.74, 6) is -0.365. The fraction of sp³-hybridized carbons (Fsp3) is 0.222. The summed E-state index contributed by atoms with van der Waals surface area (Å²) < 4.78 is 0. The van der Waals surface area contributed by atoms with Gasteiger partial charge in [0.05, 0.1) is 6.61 Å². The van der Waals surface area contributed by atoms with Crippen molar-refractivity contribution in [3.8, 4) is 6.07 Å².